The number of nitrogens with zero attached hydrogens (tertiary/aromatic N) is 3. The summed E-state index contributed by atoms with van der Waals surface area (Å²) in [5.41, 5.74) is 10.1. The summed E-state index contributed by atoms with van der Waals surface area (Å²) in [6, 6.07) is 16.9. The summed E-state index contributed by atoms with van der Waals surface area (Å²) < 4.78 is 0. The number of nitriles is 1. The average Bonchev–Trinajstić information content (AvgIpc) is 2.69. The molecule has 1 fully saturated rings. The minimum absolute atomic E-state index is 0.355. The molecule has 0 unspecified atom stereocenters. The number of hydrogen-bond donors (Lipinski definition) is 1. The van der Waals surface area contributed by atoms with Crippen molar-refractivity contribution in [2.75, 3.05) is 13.1 Å². The Bertz CT molecular complexity index is 965. The molecule has 0 atom stereocenters. The molecular weight excluding hydrogens is 320 g/mol. The van der Waals surface area contributed by atoms with E-state index in [9.17, 15) is 5.26 Å². The summed E-state index contributed by atoms with van der Waals surface area (Å²) in [5, 5.41) is 11.5. The first-order valence-corrected chi connectivity index (χ1v) is 9.08. The Labute approximate surface area is 153 Å². The predicted octanol–water partition coefficient (Wildman–Crippen LogP) is 3.70. The van der Waals surface area contributed by atoms with Crippen molar-refractivity contribution in [3.63, 3.8) is 0 Å². The molecule has 2 aromatic carbocycles. The van der Waals surface area contributed by atoms with Gasteiger partial charge in [-0.15, -0.1) is 0 Å². The monoisotopic (exact) mass is 342 g/mol. The number of likely N-dealkylation sites (tertiary alicyclic amines) is 1. The largest absolute Gasteiger partial charge is 0.328 e. The maximum absolute atomic E-state index is 9.19. The smallest absolute Gasteiger partial charge is 0.0991 e. The highest BCUT2D eigenvalue weighted by molar-refractivity contribution is 5.96. The second-order valence-electron chi connectivity index (χ2n) is 7.05. The fourth-order valence-corrected chi connectivity index (χ4v) is 3.66. The summed E-state index contributed by atoms with van der Waals surface area (Å²) in [6.07, 6.45) is 5.94. The topological polar surface area (TPSA) is 65.9 Å². The van der Waals surface area contributed by atoms with Crippen molar-refractivity contribution in [1.29, 1.82) is 5.26 Å². The number of nitrogens with two attached hydrogens (primary N) is 1. The molecule has 0 amide bonds. The van der Waals surface area contributed by atoms with Crippen LogP contribution >= 0.6 is 0 Å². The van der Waals surface area contributed by atoms with Gasteiger partial charge in [-0.1, -0.05) is 24.3 Å². The van der Waals surface area contributed by atoms with Gasteiger partial charge in [-0.2, -0.15) is 5.26 Å². The number of aromatic nitrogens is 1. The van der Waals surface area contributed by atoms with Crippen LogP contribution in [0.4, 0.5) is 0 Å². The average molecular weight is 342 g/mol. The molecule has 0 aliphatic carbocycles. The number of fused-ring (bicyclic) bond motifs is 1. The van der Waals surface area contributed by atoms with Crippen molar-refractivity contribution in [2.24, 2.45) is 5.73 Å². The molecular formula is C22H22N4. The van der Waals surface area contributed by atoms with Gasteiger partial charge in [0, 0.05) is 35.9 Å². The summed E-state index contributed by atoms with van der Waals surface area (Å²) in [5.74, 6) is 0. The lowest BCUT2D eigenvalue weighted by molar-refractivity contribution is 0.206. The van der Waals surface area contributed by atoms with Crippen molar-refractivity contribution in [2.45, 2.75) is 25.4 Å². The Morgan fingerprint density at radius 3 is 2.77 bits per heavy atom. The molecule has 3 aromatic rings. The van der Waals surface area contributed by atoms with Crippen molar-refractivity contribution < 1.29 is 0 Å². The summed E-state index contributed by atoms with van der Waals surface area (Å²) in [7, 11) is 0. The molecule has 0 spiro atoms. The highest BCUT2D eigenvalue weighted by atomic mass is 15.1. The Morgan fingerprint density at radius 2 is 1.96 bits per heavy atom. The zero-order valence-electron chi connectivity index (χ0n) is 14.7. The lowest BCUT2D eigenvalue weighted by Crippen LogP contribution is -2.39. The summed E-state index contributed by atoms with van der Waals surface area (Å²) in [4.78, 5) is 6.87. The van der Waals surface area contributed by atoms with Crippen molar-refractivity contribution >= 4 is 10.8 Å². The lowest BCUT2D eigenvalue weighted by Gasteiger charge is -2.30. The van der Waals surface area contributed by atoms with E-state index >= 15 is 0 Å². The molecule has 130 valence electrons. The van der Waals surface area contributed by atoms with E-state index in [1.54, 1.807) is 0 Å². The van der Waals surface area contributed by atoms with Crippen LogP contribution in [0, 0.1) is 11.3 Å². The molecule has 2 heterocycles. The first kappa shape index (κ1) is 16.7. The van der Waals surface area contributed by atoms with Gasteiger partial charge >= 0.3 is 0 Å². The number of benzene rings is 2. The SMILES string of the molecule is N#Cc1cccc(-c2cncc3ccc(CN4CCC(N)CC4)cc23)c1. The van der Waals surface area contributed by atoms with Crippen molar-refractivity contribution in [3.8, 4) is 17.2 Å². The van der Waals surface area contributed by atoms with Crippen LogP contribution in [0.15, 0.2) is 54.9 Å². The maximum Gasteiger partial charge on any atom is 0.0991 e. The number of rotatable bonds is 3. The van der Waals surface area contributed by atoms with Gasteiger partial charge in [0.25, 0.3) is 0 Å². The van der Waals surface area contributed by atoms with Gasteiger partial charge in [0.05, 0.1) is 11.6 Å². The van der Waals surface area contributed by atoms with Gasteiger partial charge in [-0.05, 0) is 60.6 Å². The van der Waals surface area contributed by atoms with E-state index in [1.807, 2.05) is 36.7 Å². The highest BCUT2D eigenvalue weighted by Crippen LogP contribution is 2.29. The normalized spacial score (nSPS) is 15.8. The Hall–Kier alpha value is -2.74. The third-order valence-electron chi connectivity index (χ3n) is 5.17. The summed E-state index contributed by atoms with van der Waals surface area (Å²) >= 11 is 0. The second kappa shape index (κ2) is 7.25. The summed E-state index contributed by atoms with van der Waals surface area (Å²) in [6.45, 7) is 3.07. The molecule has 1 aliphatic heterocycles. The number of hydrogen-bond acceptors (Lipinski definition) is 4. The predicted molar refractivity (Wildman–Crippen MR) is 104 cm³/mol. The minimum atomic E-state index is 0.355. The van der Waals surface area contributed by atoms with E-state index in [1.165, 1.54) is 10.9 Å². The lowest BCUT2D eigenvalue weighted by atomic mass is 9.97. The second-order valence-corrected chi connectivity index (χ2v) is 7.05. The third-order valence-corrected chi connectivity index (χ3v) is 5.17. The van der Waals surface area contributed by atoms with Crippen LogP contribution in [-0.4, -0.2) is 29.0 Å². The van der Waals surface area contributed by atoms with Gasteiger partial charge in [-0.3, -0.25) is 9.88 Å². The molecule has 0 saturated carbocycles. The standard InChI is InChI=1S/C22H22N4/c23-12-16-2-1-3-18(10-16)22-14-25-13-19-5-4-17(11-21(19)22)15-26-8-6-20(24)7-9-26/h1-5,10-11,13-14,20H,6-9,15,24H2. The van der Waals surface area contributed by atoms with Crippen LogP contribution in [0.25, 0.3) is 21.9 Å². The molecule has 2 N–H and O–H groups in total. The Morgan fingerprint density at radius 1 is 1.12 bits per heavy atom. The van der Waals surface area contributed by atoms with Crippen LogP contribution in [0.2, 0.25) is 0 Å². The molecule has 4 heteroatoms. The fraction of sp³-hybridized carbons (Fsp3) is 0.273. The molecule has 0 bridgehead atoms. The molecule has 26 heavy (non-hydrogen) atoms. The molecule has 1 saturated heterocycles. The first-order chi connectivity index (χ1) is 12.7. The van der Waals surface area contributed by atoms with Crippen molar-refractivity contribution in [3.05, 3.63) is 66.0 Å². The quantitative estimate of drug-likeness (QED) is 0.788. The molecule has 0 radical (unpaired) electrons. The zero-order valence-corrected chi connectivity index (χ0v) is 14.7. The van der Waals surface area contributed by atoms with E-state index < -0.39 is 0 Å². The van der Waals surface area contributed by atoms with E-state index in [2.05, 4.69) is 34.2 Å². The zero-order chi connectivity index (χ0) is 17.9. The number of piperidine rings is 1. The van der Waals surface area contributed by atoms with E-state index in [-0.39, 0.29) is 0 Å². The Kier molecular flexibility index (Phi) is 4.66. The molecule has 4 rings (SSSR count). The number of pyridine rings is 1. The van der Waals surface area contributed by atoms with E-state index in [0.29, 0.717) is 11.6 Å². The van der Waals surface area contributed by atoms with Gasteiger partial charge in [0.2, 0.25) is 0 Å². The minimum Gasteiger partial charge on any atom is -0.328 e. The van der Waals surface area contributed by atoms with E-state index in [0.717, 1.165) is 49.0 Å². The third kappa shape index (κ3) is 3.45. The maximum atomic E-state index is 9.19. The van der Waals surface area contributed by atoms with Crippen LogP contribution < -0.4 is 5.73 Å². The van der Waals surface area contributed by atoms with Gasteiger partial charge in [0.1, 0.15) is 0 Å². The Balaban J connectivity index is 1.69. The molecule has 4 nitrogen and oxygen atoms in total. The first-order valence-electron chi connectivity index (χ1n) is 9.08. The van der Waals surface area contributed by atoms with Crippen LogP contribution in [-0.2, 0) is 6.54 Å². The van der Waals surface area contributed by atoms with Crippen LogP contribution in [0.5, 0.6) is 0 Å². The van der Waals surface area contributed by atoms with Gasteiger partial charge in [-0.25, -0.2) is 0 Å². The van der Waals surface area contributed by atoms with Crippen LogP contribution in [0.3, 0.4) is 0 Å². The molecule has 1 aliphatic rings. The van der Waals surface area contributed by atoms with Crippen LogP contribution in [0.1, 0.15) is 24.0 Å². The van der Waals surface area contributed by atoms with Gasteiger partial charge < -0.3 is 5.73 Å². The van der Waals surface area contributed by atoms with Gasteiger partial charge in [0.15, 0.2) is 0 Å². The van der Waals surface area contributed by atoms with Crippen molar-refractivity contribution in [1.82, 2.24) is 9.88 Å². The fourth-order valence-electron chi connectivity index (χ4n) is 3.66. The molecule has 1 aromatic heterocycles. The van der Waals surface area contributed by atoms with E-state index in [4.69, 9.17) is 5.73 Å². The highest BCUT2D eigenvalue weighted by Gasteiger charge is 2.16.